The molecule has 2 aromatic rings. The van der Waals surface area contributed by atoms with E-state index in [-0.39, 0.29) is 24.5 Å². The molecule has 0 aliphatic heterocycles. The maximum Gasteiger partial charge on any atom is 0.339 e. The monoisotopic (exact) mass is 276 g/mol. The number of aliphatic hydroxyl groups excluding tert-OH is 1. The normalized spacial score (nSPS) is 10.3. The van der Waals surface area contributed by atoms with Crippen molar-refractivity contribution in [2.75, 3.05) is 0 Å². The number of halogens is 1. The number of carboxylic acid groups (broad SMARTS) is 1. The van der Waals surface area contributed by atoms with E-state index in [1.54, 1.807) is 24.3 Å². The lowest BCUT2D eigenvalue weighted by Gasteiger charge is -2.09. The molecule has 20 heavy (non-hydrogen) atoms. The minimum atomic E-state index is -1.24. The van der Waals surface area contributed by atoms with Crippen LogP contribution >= 0.6 is 0 Å². The van der Waals surface area contributed by atoms with E-state index in [0.29, 0.717) is 0 Å². The van der Waals surface area contributed by atoms with Crippen molar-refractivity contribution in [3.8, 4) is 5.75 Å². The lowest BCUT2D eigenvalue weighted by molar-refractivity contribution is 0.0691. The van der Waals surface area contributed by atoms with Crippen LogP contribution in [0.1, 0.15) is 21.5 Å². The molecule has 0 spiro atoms. The van der Waals surface area contributed by atoms with Crippen LogP contribution in [0.4, 0.5) is 4.39 Å². The molecule has 0 heterocycles. The smallest absolute Gasteiger partial charge is 0.339 e. The van der Waals surface area contributed by atoms with E-state index in [4.69, 9.17) is 14.9 Å². The van der Waals surface area contributed by atoms with Crippen molar-refractivity contribution in [2.24, 2.45) is 0 Å². The fourth-order valence-electron chi connectivity index (χ4n) is 1.70. The van der Waals surface area contributed by atoms with Gasteiger partial charge in [-0.2, -0.15) is 0 Å². The first kappa shape index (κ1) is 14.0. The highest BCUT2D eigenvalue weighted by atomic mass is 19.1. The summed E-state index contributed by atoms with van der Waals surface area (Å²) in [6.07, 6.45) is 0. The van der Waals surface area contributed by atoms with Gasteiger partial charge in [0.25, 0.3) is 0 Å². The summed E-state index contributed by atoms with van der Waals surface area (Å²) in [5.74, 6) is -1.75. The van der Waals surface area contributed by atoms with Crippen LogP contribution in [0.25, 0.3) is 0 Å². The minimum absolute atomic E-state index is 0.0394. The van der Waals surface area contributed by atoms with Gasteiger partial charge in [-0.05, 0) is 29.3 Å². The van der Waals surface area contributed by atoms with Crippen LogP contribution in [-0.4, -0.2) is 16.2 Å². The Kier molecular flexibility index (Phi) is 4.32. The Labute approximate surface area is 115 Å². The predicted octanol–water partition coefficient (Wildman–Crippen LogP) is 2.60. The van der Waals surface area contributed by atoms with Gasteiger partial charge >= 0.3 is 5.97 Å². The Hall–Kier alpha value is -2.40. The van der Waals surface area contributed by atoms with Crippen molar-refractivity contribution < 1.29 is 24.1 Å². The lowest BCUT2D eigenvalue weighted by atomic mass is 10.1. The number of carboxylic acids is 1. The summed E-state index contributed by atoms with van der Waals surface area (Å²) in [5, 5.41) is 17.9. The van der Waals surface area contributed by atoms with Crippen LogP contribution in [0, 0.1) is 5.82 Å². The average Bonchev–Trinajstić information content (AvgIpc) is 2.46. The molecular formula is C15H13FO4. The van der Waals surface area contributed by atoms with Crippen molar-refractivity contribution in [3.63, 3.8) is 0 Å². The van der Waals surface area contributed by atoms with Gasteiger partial charge in [0, 0.05) is 0 Å². The number of hydrogen-bond acceptors (Lipinski definition) is 3. The van der Waals surface area contributed by atoms with E-state index in [9.17, 15) is 9.18 Å². The molecule has 5 heteroatoms. The number of aromatic carboxylic acids is 1. The van der Waals surface area contributed by atoms with Crippen LogP contribution in [0.15, 0.2) is 42.5 Å². The van der Waals surface area contributed by atoms with Crippen molar-refractivity contribution in [2.45, 2.75) is 13.2 Å². The quantitative estimate of drug-likeness (QED) is 0.881. The maximum atomic E-state index is 13.0. The largest absolute Gasteiger partial charge is 0.488 e. The van der Waals surface area contributed by atoms with Gasteiger partial charge in [0.15, 0.2) is 0 Å². The molecule has 0 aliphatic carbocycles. The predicted molar refractivity (Wildman–Crippen MR) is 70.1 cm³/mol. The molecule has 0 radical (unpaired) electrons. The highest BCUT2D eigenvalue weighted by Crippen LogP contribution is 2.21. The van der Waals surface area contributed by atoms with Gasteiger partial charge in [-0.25, -0.2) is 9.18 Å². The standard InChI is InChI=1S/C15H13FO4/c16-12-5-6-14(13(7-12)15(18)19)20-9-11-3-1-10(8-17)2-4-11/h1-7,17H,8-9H2,(H,18,19). The Morgan fingerprint density at radius 3 is 2.35 bits per heavy atom. The fraction of sp³-hybridized carbons (Fsp3) is 0.133. The van der Waals surface area contributed by atoms with E-state index < -0.39 is 11.8 Å². The Morgan fingerprint density at radius 2 is 1.75 bits per heavy atom. The molecule has 0 fully saturated rings. The van der Waals surface area contributed by atoms with Crippen LogP contribution in [-0.2, 0) is 13.2 Å². The molecule has 0 atom stereocenters. The topological polar surface area (TPSA) is 66.8 Å². The molecule has 0 amide bonds. The van der Waals surface area contributed by atoms with Crippen molar-refractivity contribution in [1.82, 2.24) is 0 Å². The summed E-state index contributed by atoms with van der Waals surface area (Å²) in [4.78, 5) is 11.0. The Balaban J connectivity index is 2.12. The second-order valence-corrected chi connectivity index (χ2v) is 4.21. The summed E-state index contributed by atoms with van der Waals surface area (Å²) >= 11 is 0. The molecule has 2 rings (SSSR count). The van der Waals surface area contributed by atoms with Crippen molar-refractivity contribution >= 4 is 5.97 Å². The van der Waals surface area contributed by atoms with Crippen LogP contribution < -0.4 is 4.74 Å². The third kappa shape index (κ3) is 3.33. The SMILES string of the molecule is O=C(O)c1cc(F)ccc1OCc1ccc(CO)cc1. The fourth-order valence-corrected chi connectivity index (χ4v) is 1.70. The zero-order valence-corrected chi connectivity index (χ0v) is 10.5. The first-order chi connectivity index (χ1) is 9.60. The number of benzene rings is 2. The lowest BCUT2D eigenvalue weighted by Crippen LogP contribution is -2.04. The van der Waals surface area contributed by atoms with Gasteiger partial charge in [0.1, 0.15) is 23.7 Å². The number of carbonyl (C=O) groups is 1. The maximum absolute atomic E-state index is 13.0. The van der Waals surface area contributed by atoms with Crippen LogP contribution in [0.3, 0.4) is 0 Å². The Morgan fingerprint density at radius 1 is 1.10 bits per heavy atom. The number of ether oxygens (including phenoxy) is 1. The van der Waals surface area contributed by atoms with Gasteiger partial charge in [-0.3, -0.25) is 0 Å². The average molecular weight is 276 g/mol. The van der Waals surface area contributed by atoms with Gasteiger partial charge in [0.05, 0.1) is 6.61 Å². The molecular weight excluding hydrogens is 263 g/mol. The summed E-state index contributed by atoms with van der Waals surface area (Å²) in [6, 6.07) is 10.4. The molecule has 0 aliphatic rings. The highest BCUT2D eigenvalue weighted by Gasteiger charge is 2.12. The third-order valence-corrected chi connectivity index (χ3v) is 2.77. The second-order valence-electron chi connectivity index (χ2n) is 4.21. The summed E-state index contributed by atoms with van der Waals surface area (Å²) in [5.41, 5.74) is 1.39. The van der Waals surface area contributed by atoms with E-state index >= 15 is 0 Å². The van der Waals surface area contributed by atoms with E-state index in [1.807, 2.05) is 0 Å². The van der Waals surface area contributed by atoms with Crippen LogP contribution in [0.2, 0.25) is 0 Å². The van der Waals surface area contributed by atoms with Crippen molar-refractivity contribution in [3.05, 3.63) is 65.0 Å². The van der Waals surface area contributed by atoms with Crippen molar-refractivity contribution in [1.29, 1.82) is 0 Å². The zero-order chi connectivity index (χ0) is 14.5. The van der Waals surface area contributed by atoms with E-state index in [0.717, 1.165) is 23.3 Å². The first-order valence-corrected chi connectivity index (χ1v) is 5.94. The third-order valence-electron chi connectivity index (χ3n) is 2.77. The molecule has 4 nitrogen and oxygen atoms in total. The Bertz CT molecular complexity index is 608. The van der Waals surface area contributed by atoms with E-state index in [1.165, 1.54) is 6.07 Å². The zero-order valence-electron chi connectivity index (χ0n) is 10.5. The molecule has 2 aromatic carbocycles. The van der Waals surface area contributed by atoms with Gasteiger partial charge in [-0.1, -0.05) is 24.3 Å². The number of rotatable bonds is 5. The summed E-state index contributed by atoms with van der Waals surface area (Å²) < 4.78 is 18.4. The molecule has 0 bridgehead atoms. The molecule has 0 saturated carbocycles. The van der Waals surface area contributed by atoms with E-state index in [2.05, 4.69) is 0 Å². The minimum Gasteiger partial charge on any atom is -0.488 e. The number of hydrogen-bond donors (Lipinski definition) is 2. The molecule has 104 valence electrons. The summed E-state index contributed by atoms with van der Waals surface area (Å²) in [6.45, 7) is 0.125. The number of aliphatic hydroxyl groups is 1. The van der Waals surface area contributed by atoms with Gasteiger partial charge in [-0.15, -0.1) is 0 Å². The molecule has 0 saturated heterocycles. The first-order valence-electron chi connectivity index (χ1n) is 5.94. The van der Waals surface area contributed by atoms with Gasteiger partial charge < -0.3 is 14.9 Å². The highest BCUT2D eigenvalue weighted by molar-refractivity contribution is 5.90. The molecule has 0 aromatic heterocycles. The molecule has 0 unspecified atom stereocenters. The summed E-state index contributed by atoms with van der Waals surface area (Å²) in [7, 11) is 0. The van der Waals surface area contributed by atoms with Crippen LogP contribution in [0.5, 0.6) is 5.75 Å². The van der Waals surface area contributed by atoms with Gasteiger partial charge in [0.2, 0.25) is 0 Å². The second kappa shape index (κ2) is 6.16. The molecule has 2 N–H and O–H groups in total.